The van der Waals surface area contributed by atoms with Gasteiger partial charge in [-0.2, -0.15) is 0 Å². The van der Waals surface area contributed by atoms with Crippen LogP contribution in [0.25, 0.3) is 0 Å². The minimum Gasteiger partial charge on any atom is -0.337 e. The minimum absolute atomic E-state index is 0. The lowest BCUT2D eigenvalue weighted by atomic mass is 9.93. The molecule has 1 aromatic carbocycles. The zero-order valence-electron chi connectivity index (χ0n) is 14.5. The molecule has 2 saturated heterocycles. The van der Waals surface area contributed by atoms with Crippen LogP contribution < -0.4 is 5.32 Å². The van der Waals surface area contributed by atoms with Crippen molar-refractivity contribution in [2.45, 2.75) is 18.8 Å². The Labute approximate surface area is 156 Å². The summed E-state index contributed by atoms with van der Waals surface area (Å²) in [5, 5.41) is 3.35. The van der Waals surface area contributed by atoms with Crippen LogP contribution in [-0.4, -0.2) is 69.1 Å². The van der Waals surface area contributed by atoms with Gasteiger partial charge in [-0.05, 0) is 36.9 Å². The molecule has 0 spiro atoms. The molecule has 0 radical (unpaired) electrons. The van der Waals surface area contributed by atoms with E-state index in [-0.39, 0.29) is 18.3 Å². The Morgan fingerprint density at radius 1 is 1.16 bits per heavy atom. The van der Waals surface area contributed by atoms with Gasteiger partial charge in [0.05, 0.1) is 6.26 Å². The van der Waals surface area contributed by atoms with Gasteiger partial charge in [0, 0.05) is 38.3 Å². The number of nitrogens with zero attached hydrogens (tertiary/aromatic N) is 2. The first kappa shape index (κ1) is 20.2. The average molecular weight is 388 g/mol. The topological polar surface area (TPSA) is 69.7 Å². The lowest BCUT2D eigenvalue weighted by Gasteiger charge is -2.23. The number of benzene rings is 1. The van der Waals surface area contributed by atoms with Crippen LogP contribution in [0.4, 0.5) is 0 Å². The van der Waals surface area contributed by atoms with Crippen LogP contribution in [0, 0.1) is 0 Å². The van der Waals surface area contributed by atoms with Crippen LogP contribution in [0.15, 0.2) is 24.3 Å². The quantitative estimate of drug-likeness (QED) is 0.848. The van der Waals surface area contributed by atoms with Crippen molar-refractivity contribution in [3.8, 4) is 0 Å². The Balaban J connectivity index is 0.00000225. The third-order valence-electron chi connectivity index (χ3n) is 4.90. The SMILES string of the molecule is CS(=O)(=O)N1CCCN(C(=O)c2ccccc2C2CCNC2)CC1.Cl. The van der Waals surface area contributed by atoms with Crippen molar-refractivity contribution in [1.29, 1.82) is 0 Å². The number of rotatable bonds is 3. The maximum absolute atomic E-state index is 13.0. The Kier molecular flexibility index (Phi) is 6.85. The van der Waals surface area contributed by atoms with E-state index in [1.807, 2.05) is 24.3 Å². The Bertz CT molecular complexity index is 705. The number of carbonyl (C=O) groups is 1. The van der Waals surface area contributed by atoms with E-state index in [1.165, 1.54) is 10.6 Å². The van der Waals surface area contributed by atoms with Crippen molar-refractivity contribution in [2.24, 2.45) is 0 Å². The highest BCUT2D eigenvalue weighted by atomic mass is 35.5. The number of nitrogens with one attached hydrogen (secondary N) is 1. The normalized spacial score (nSPS) is 22.3. The molecular weight excluding hydrogens is 362 g/mol. The summed E-state index contributed by atoms with van der Waals surface area (Å²) in [7, 11) is -3.20. The van der Waals surface area contributed by atoms with Crippen LogP contribution >= 0.6 is 12.4 Å². The summed E-state index contributed by atoms with van der Waals surface area (Å²) in [5.41, 5.74) is 1.87. The molecule has 0 aromatic heterocycles. The molecule has 2 aliphatic rings. The molecule has 3 rings (SSSR count). The molecule has 0 bridgehead atoms. The van der Waals surface area contributed by atoms with Gasteiger partial charge in [0.2, 0.25) is 10.0 Å². The van der Waals surface area contributed by atoms with Gasteiger partial charge in [-0.1, -0.05) is 18.2 Å². The van der Waals surface area contributed by atoms with E-state index in [0.717, 1.165) is 30.6 Å². The van der Waals surface area contributed by atoms with E-state index in [1.54, 1.807) is 4.90 Å². The standard InChI is InChI=1S/C17H25N3O3S.ClH/c1-24(22,23)20-10-4-9-19(11-12-20)17(21)16-6-3-2-5-15(16)14-7-8-18-13-14;/h2-3,5-6,14,18H,4,7-13H2,1H3;1H. The zero-order chi connectivity index (χ0) is 17.2. The fourth-order valence-corrected chi connectivity index (χ4v) is 4.44. The maximum atomic E-state index is 13.0. The van der Waals surface area contributed by atoms with Gasteiger partial charge in [-0.25, -0.2) is 12.7 Å². The number of halogens is 1. The van der Waals surface area contributed by atoms with E-state index in [2.05, 4.69) is 5.32 Å². The van der Waals surface area contributed by atoms with Crippen molar-refractivity contribution in [3.63, 3.8) is 0 Å². The van der Waals surface area contributed by atoms with E-state index in [0.29, 0.717) is 38.5 Å². The van der Waals surface area contributed by atoms with Gasteiger partial charge in [0.15, 0.2) is 0 Å². The Hall–Kier alpha value is -1.15. The van der Waals surface area contributed by atoms with Gasteiger partial charge >= 0.3 is 0 Å². The van der Waals surface area contributed by atoms with Gasteiger partial charge < -0.3 is 10.2 Å². The summed E-state index contributed by atoms with van der Waals surface area (Å²) >= 11 is 0. The highest BCUT2D eigenvalue weighted by Gasteiger charge is 2.27. The molecule has 1 amide bonds. The third-order valence-corrected chi connectivity index (χ3v) is 6.21. The molecule has 6 nitrogen and oxygen atoms in total. The van der Waals surface area contributed by atoms with E-state index >= 15 is 0 Å². The predicted octanol–water partition coefficient (Wildman–Crippen LogP) is 1.29. The van der Waals surface area contributed by atoms with Gasteiger partial charge in [0.1, 0.15) is 0 Å². The van der Waals surface area contributed by atoms with Crippen LogP contribution in [0.2, 0.25) is 0 Å². The highest BCUT2D eigenvalue weighted by Crippen LogP contribution is 2.26. The molecule has 1 atom stereocenters. The molecular formula is C17H26ClN3O3S. The zero-order valence-corrected chi connectivity index (χ0v) is 16.1. The second-order valence-electron chi connectivity index (χ2n) is 6.58. The Morgan fingerprint density at radius 2 is 1.92 bits per heavy atom. The smallest absolute Gasteiger partial charge is 0.254 e. The number of carbonyl (C=O) groups excluding carboxylic acids is 1. The van der Waals surface area contributed by atoms with Crippen LogP contribution in [-0.2, 0) is 10.0 Å². The second kappa shape index (κ2) is 8.49. The molecule has 2 aliphatic heterocycles. The predicted molar refractivity (Wildman–Crippen MR) is 101 cm³/mol. The lowest BCUT2D eigenvalue weighted by Crippen LogP contribution is -2.37. The summed E-state index contributed by atoms with van der Waals surface area (Å²) in [6.45, 7) is 3.80. The molecule has 25 heavy (non-hydrogen) atoms. The maximum Gasteiger partial charge on any atom is 0.254 e. The van der Waals surface area contributed by atoms with Gasteiger partial charge in [-0.15, -0.1) is 12.4 Å². The van der Waals surface area contributed by atoms with Crippen LogP contribution in [0.5, 0.6) is 0 Å². The molecule has 1 aromatic rings. The monoisotopic (exact) mass is 387 g/mol. The molecule has 2 fully saturated rings. The van der Waals surface area contributed by atoms with Gasteiger partial charge in [0.25, 0.3) is 5.91 Å². The fraction of sp³-hybridized carbons (Fsp3) is 0.588. The summed E-state index contributed by atoms with van der Waals surface area (Å²) in [4.78, 5) is 14.8. The van der Waals surface area contributed by atoms with E-state index < -0.39 is 10.0 Å². The van der Waals surface area contributed by atoms with Crippen LogP contribution in [0.1, 0.15) is 34.7 Å². The summed E-state index contributed by atoms with van der Waals surface area (Å²) < 4.78 is 24.9. The van der Waals surface area contributed by atoms with Crippen molar-refractivity contribution in [1.82, 2.24) is 14.5 Å². The minimum atomic E-state index is -3.20. The molecule has 0 aliphatic carbocycles. The van der Waals surface area contributed by atoms with Crippen molar-refractivity contribution >= 4 is 28.3 Å². The average Bonchev–Trinajstić information content (AvgIpc) is 2.96. The van der Waals surface area contributed by atoms with Gasteiger partial charge in [-0.3, -0.25) is 4.79 Å². The highest BCUT2D eigenvalue weighted by molar-refractivity contribution is 7.88. The first-order valence-corrected chi connectivity index (χ1v) is 10.4. The number of hydrogen-bond donors (Lipinski definition) is 1. The van der Waals surface area contributed by atoms with Crippen LogP contribution in [0.3, 0.4) is 0 Å². The first-order valence-electron chi connectivity index (χ1n) is 8.51. The molecule has 2 heterocycles. The number of amides is 1. The molecule has 1 unspecified atom stereocenters. The number of sulfonamides is 1. The molecule has 140 valence electrons. The Morgan fingerprint density at radius 3 is 2.60 bits per heavy atom. The lowest BCUT2D eigenvalue weighted by molar-refractivity contribution is 0.0762. The summed E-state index contributed by atoms with van der Waals surface area (Å²) in [6, 6.07) is 7.83. The first-order chi connectivity index (χ1) is 11.5. The van der Waals surface area contributed by atoms with E-state index in [9.17, 15) is 13.2 Å². The molecule has 0 saturated carbocycles. The third kappa shape index (κ3) is 4.73. The van der Waals surface area contributed by atoms with Crippen molar-refractivity contribution < 1.29 is 13.2 Å². The van der Waals surface area contributed by atoms with Crippen molar-refractivity contribution in [3.05, 3.63) is 35.4 Å². The number of hydrogen-bond acceptors (Lipinski definition) is 4. The second-order valence-corrected chi connectivity index (χ2v) is 8.57. The van der Waals surface area contributed by atoms with E-state index in [4.69, 9.17) is 0 Å². The summed E-state index contributed by atoms with van der Waals surface area (Å²) in [6.07, 6.45) is 2.95. The molecule has 8 heteroatoms. The molecule has 1 N–H and O–H groups in total. The van der Waals surface area contributed by atoms with Crippen molar-refractivity contribution in [2.75, 3.05) is 45.5 Å². The largest absolute Gasteiger partial charge is 0.337 e. The fourth-order valence-electron chi connectivity index (χ4n) is 3.57. The summed E-state index contributed by atoms with van der Waals surface area (Å²) in [5.74, 6) is 0.400.